The average molecular weight is 255 g/mol. The van der Waals surface area contributed by atoms with Gasteiger partial charge in [0.25, 0.3) is 0 Å². The predicted molar refractivity (Wildman–Crippen MR) is 69.9 cm³/mol. The minimum Gasteiger partial charge on any atom is -0.373 e. The Morgan fingerprint density at radius 2 is 1.67 bits per heavy atom. The second kappa shape index (κ2) is 4.97. The number of rotatable bonds is 3. The van der Waals surface area contributed by atoms with Gasteiger partial charge in [0.2, 0.25) is 11.7 Å². The first-order valence-corrected chi connectivity index (χ1v) is 6.19. The van der Waals surface area contributed by atoms with E-state index in [1.54, 1.807) is 7.11 Å². The van der Waals surface area contributed by atoms with E-state index in [1.807, 2.05) is 20.8 Å². The molecule has 2 atom stereocenters. The third-order valence-electron chi connectivity index (χ3n) is 2.91. The molecule has 0 spiro atoms. The highest BCUT2D eigenvalue weighted by Crippen LogP contribution is 2.35. The molecule has 5 nitrogen and oxygen atoms in total. The molecule has 0 aliphatic heterocycles. The van der Waals surface area contributed by atoms with Crippen molar-refractivity contribution in [3.63, 3.8) is 0 Å². The third kappa shape index (κ3) is 3.29. The molecule has 0 amide bonds. The van der Waals surface area contributed by atoms with Crippen LogP contribution in [0.2, 0.25) is 0 Å². The summed E-state index contributed by atoms with van der Waals surface area (Å²) in [5.41, 5.74) is 5.89. The normalized spacial score (nSPS) is 16.7. The average Bonchev–Trinajstić information content (AvgIpc) is 2.63. The fourth-order valence-corrected chi connectivity index (χ4v) is 1.70. The first-order chi connectivity index (χ1) is 8.07. The van der Waals surface area contributed by atoms with Gasteiger partial charge in [-0.25, -0.2) is 0 Å². The van der Waals surface area contributed by atoms with Crippen molar-refractivity contribution in [2.75, 3.05) is 7.11 Å². The molecule has 0 bridgehead atoms. The topological polar surface area (TPSA) is 74.2 Å². The molecular formula is C13H25N3O2. The molecule has 5 heteroatoms. The maximum atomic E-state index is 6.10. The maximum Gasteiger partial charge on any atom is 0.244 e. The van der Waals surface area contributed by atoms with Gasteiger partial charge in [0.05, 0.1) is 6.04 Å². The van der Waals surface area contributed by atoms with Crippen LogP contribution in [0.4, 0.5) is 0 Å². The molecule has 0 aliphatic carbocycles. The van der Waals surface area contributed by atoms with Crippen LogP contribution in [0.3, 0.4) is 0 Å². The highest BCUT2D eigenvalue weighted by Gasteiger charge is 2.33. The van der Waals surface area contributed by atoms with Crippen molar-refractivity contribution in [2.45, 2.75) is 53.7 Å². The molecule has 1 heterocycles. The van der Waals surface area contributed by atoms with E-state index in [4.69, 9.17) is 15.0 Å². The highest BCUT2D eigenvalue weighted by atomic mass is 16.5. The largest absolute Gasteiger partial charge is 0.373 e. The Morgan fingerprint density at radius 3 is 2.06 bits per heavy atom. The smallest absolute Gasteiger partial charge is 0.244 e. The maximum absolute atomic E-state index is 6.10. The zero-order chi connectivity index (χ0) is 14.1. The van der Waals surface area contributed by atoms with Crippen LogP contribution < -0.4 is 5.73 Å². The van der Waals surface area contributed by atoms with Crippen LogP contribution in [0, 0.1) is 10.8 Å². The van der Waals surface area contributed by atoms with Crippen molar-refractivity contribution in [3.05, 3.63) is 11.7 Å². The molecule has 1 aromatic heterocycles. The van der Waals surface area contributed by atoms with Crippen molar-refractivity contribution < 1.29 is 9.26 Å². The number of hydrogen-bond donors (Lipinski definition) is 1. The van der Waals surface area contributed by atoms with Gasteiger partial charge in [-0.15, -0.1) is 0 Å². The lowest BCUT2D eigenvalue weighted by molar-refractivity contribution is 0.00718. The van der Waals surface area contributed by atoms with Crippen molar-refractivity contribution in [1.29, 1.82) is 0 Å². The summed E-state index contributed by atoms with van der Waals surface area (Å²) in [5.74, 6) is 1.02. The van der Waals surface area contributed by atoms with Crippen LogP contribution in [-0.4, -0.2) is 17.3 Å². The Morgan fingerprint density at radius 1 is 1.11 bits per heavy atom. The lowest BCUT2D eigenvalue weighted by atomic mass is 9.87. The number of nitrogens with zero attached hydrogens (tertiary/aromatic N) is 2. The van der Waals surface area contributed by atoms with Crippen LogP contribution in [-0.2, 0) is 4.74 Å². The van der Waals surface area contributed by atoms with Gasteiger partial charge in [-0.05, 0) is 10.8 Å². The summed E-state index contributed by atoms with van der Waals surface area (Å²) in [5, 5.41) is 4.00. The summed E-state index contributed by atoms with van der Waals surface area (Å²) in [6.45, 7) is 12.3. The van der Waals surface area contributed by atoms with E-state index in [0.29, 0.717) is 11.7 Å². The summed E-state index contributed by atoms with van der Waals surface area (Å²) in [6, 6.07) is -0.281. The molecule has 0 fully saturated rings. The predicted octanol–water partition coefficient (Wildman–Crippen LogP) is 2.85. The van der Waals surface area contributed by atoms with Gasteiger partial charge in [0, 0.05) is 7.11 Å². The van der Waals surface area contributed by atoms with Gasteiger partial charge >= 0.3 is 0 Å². The molecule has 0 saturated heterocycles. The lowest BCUT2D eigenvalue weighted by Crippen LogP contribution is -2.27. The lowest BCUT2D eigenvalue weighted by Gasteiger charge is -2.26. The Bertz CT molecular complexity index is 388. The minimum atomic E-state index is -0.281. The van der Waals surface area contributed by atoms with Crippen LogP contribution in [0.15, 0.2) is 4.52 Å². The number of nitrogens with two attached hydrogens (primary N) is 1. The van der Waals surface area contributed by atoms with E-state index in [-0.39, 0.29) is 23.0 Å². The number of ether oxygens (including phenoxy) is 1. The second-order valence-corrected chi connectivity index (χ2v) is 6.82. The molecule has 1 aromatic rings. The van der Waals surface area contributed by atoms with E-state index in [1.165, 1.54) is 0 Å². The van der Waals surface area contributed by atoms with Gasteiger partial charge in [0.15, 0.2) is 0 Å². The Labute approximate surface area is 109 Å². The molecular weight excluding hydrogens is 230 g/mol. The summed E-state index contributed by atoms with van der Waals surface area (Å²) in [6.07, 6.45) is -0.206. The van der Waals surface area contributed by atoms with Crippen molar-refractivity contribution in [3.8, 4) is 0 Å². The quantitative estimate of drug-likeness (QED) is 0.899. The van der Waals surface area contributed by atoms with Gasteiger partial charge in [-0.1, -0.05) is 46.7 Å². The second-order valence-electron chi connectivity index (χ2n) is 6.82. The zero-order valence-electron chi connectivity index (χ0n) is 12.4. The summed E-state index contributed by atoms with van der Waals surface area (Å²) in [4.78, 5) is 4.39. The molecule has 18 heavy (non-hydrogen) atoms. The molecule has 0 radical (unpaired) electrons. The highest BCUT2D eigenvalue weighted by molar-refractivity contribution is 5.01. The van der Waals surface area contributed by atoms with E-state index in [0.717, 1.165) is 0 Å². The van der Waals surface area contributed by atoms with E-state index < -0.39 is 0 Å². The van der Waals surface area contributed by atoms with Crippen molar-refractivity contribution >= 4 is 0 Å². The SMILES string of the molecule is COC(c1noc([C@H](N)C(C)(C)C)n1)C(C)(C)C. The summed E-state index contributed by atoms with van der Waals surface area (Å²) >= 11 is 0. The fourth-order valence-electron chi connectivity index (χ4n) is 1.70. The zero-order valence-corrected chi connectivity index (χ0v) is 12.4. The third-order valence-corrected chi connectivity index (χ3v) is 2.91. The first-order valence-electron chi connectivity index (χ1n) is 6.19. The summed E-state index contributed by atoms with van der Waals surface area (Å²) < 4.78 is 10.7. The van der Waals surface area contributed by atoms with Gasteiger partial charge < -0.3 is 15.0 Å². The van der Waals surface area contributed by atoms with Crippen molar-refractivity contribution in [1.82, 2.24) is 10.1 Å². The minimum absolute atomic E-state index is 0.0955. The fraction of sp³-hybridized carbons (Fsp3) is 0.846. The number of methoxy groups -OCH3 is 1. The van der Waals surface area contributed by atoms with E-state index in [2.05, 4.69) is 30.9 Å². The molecule has 1 rings (SSSR count). The molecule has 2 N–H and O–H groups in total. The summed E-state index contributed by atoms with van der Waals surface area (Å²) in [7, 11) is 1.65. The van der Waals surface area contributed by atoms with Crippen LogP contribution in [0.25, 0.3) is 0 Å². The van der Waals surface area contributed by atoms with Crippen LogP contribution in [0.5, 0.6) is 0 Å². The van der Waals surface area contributed by atoms with E-state index in [9.17, 15) is 0 Å². The Balaban J connectivity index is 2.99. The molecule has 0 aliphatic rings. The standard InChI is InChI=1S/C13H25N3O2/c1-12(2,3)8(14)11-15-10(16-18-11)9(17-7)13(4,5)6/h8-9H,14H2,1-7H3/t8-,9?/m0/s1. The molecule has 0 aromatic carbocycles. The molecule has 0 saturated carbocycles. The van der Waals surface area contributed by atoms with Crippen LogP contribution >= 0.6 is 0 Å². The monoisotopic (exact) mass is 255 g/mol. The van der Waals surface area contributed by atoms with Gasteiger partial charge in [0.1, 0.15) is 6.10 Å². The number of hydrogen-bond acceptors (Lipinski definition) is 5. The molecule has 1 unspecified atom stereocenters. The first kappa shape index (κ1) is 15.1. The number of aromatic nitrogens is 2. The van der Waals surface area contributed by atoms with E-state index >= 15 is 0 Å². The Kier molecular flexibility index (Phi) is 4.18. The van der Waals surface area contributed by atoms with Crippen molar-refractivity contribution in [2.24, 2.45) is 16.6 Å². The Hall–Kier alpha value is -0.940. The molecule has 104 valence electrons. The van der Waals surface area contributed by atoms with Crippen LogP contribution in [0.1, 0.15) is 65.4 Å². The van der Waals surface area contributed by atoms with Gasteiger partial charge in [-0.2, -0.15) is 4.98 Å². The van der Waals surface area contributed by atoms with Gasteiger partial charge in [-0.3, -0.25) is 0 Å².